The van der Waals surface area contributed by atoms with E-state index in [-0.39, 0.29) is 6.04 Å². The summed E-state index contributed by atoms with van der Waals surface area (Å²) in [5.74, 6) is 0.984. The van der Waals surface area contributed by atoms with Gasteiger partial charge in [-0.05, 0) is 49.1 Å². The van der Waals surface area contributed by atoms with Crippen LogP contribution >= 0.6 is 0 Å². The highest BCUT2D eigenvalue weighted by atomic mass is 16.3. The van der Waals surface area contributed by atoms with E-state index < -0.39 is 0 Å². The Bertz CT molecular complexity index is 682. The second-order valence-corrected chi connectivity index (χ2v) is 5.26. The second kappa shape index (κ2) is 5.55. The highest BCUT2D eigenvalue weighted by Crippen LogP contribution is 2.17. The molecule has 3 nitrogen and oxygen atoms in total. The molecule has 0 aliphatic rings. The Balaban J connectivity index is 1.64. The van der Waals surface area contributed by atoms with Crippen molar-refractivity contribution < 1.29 is 4.42 Å². The lowest BCUT2D eigenvalue weighted by atomic mass is 10.2. The Kier molecular flexibility index (Phi) is 3.61. The van der Waals surface area contributed by atoms with Crippen LogP contribution in [-0.2, 0) is 6.54 Å². The van der Waals surface area contributed by atoms with Gasteiger partial charge in [-0.1, -0.05) is 12.1 Å². The molecule has 104 valence electrons. The van der Waals surface area contributed by atoms with Gasteiger partial charge in [0.05, 0.1) is 12.3 Å². The summed E-state index contributed by atoms with van der Waals surface area (Å²) in [6, 6.07) is 12.9. The number of aromatic nitrogens is 1. The predicted octanol–water partition coefficient (Wildman–Crippen LogP) is 3.89. The van der Waals surface area contributed by atoms with Crippen LogP contribution in [0.1, 0.15) is 24.3 Å². The topological polar surface area (TPSA) is 30.1 Å². The van der Waals surface area contributed by atoms with E-state index in [1.54, 1.807) is 6.26 Å². The molecule has 2 heterocycles. The van der Waals surface area contributed by atoms with Crippen LogP contribution in [0.4, 0.5) is 0 Å². The van der Waals surface area contributed by atoms with Crippen LogP contribution in [0.2, 0.25) is 0 Å². The molecule has 1 atom stereocenters. The Morgan fingerprint density at radius 2 is 2.15 bits per heavy atom. The Morgan fingerprint density at radius 3 is 2.95 bits per heavy atom. The van der Waals surface area contributed by atoms with Crippen LogP contribution in [0, 0.1) is 6.92 Å². The zero-order valence-corrected chi connectivity index (χ0v) is 12.0. The third kappa shape index (κ3) is 2.63. The zero-order chi connectivity index (χ0) is 13.9. The van der Waals surface area contributed by atoms with E-state index in [9.17, 15) is 0 Å². The van der Waals surface area contributed by atoms with Crippen LogP contribution in [0.5, 0.6) is 0 Å². The summed E-state index contributed by atoms with van der Waals surface area (Å²) in [7, 11) is 0. The van der Waals surface area contributed by atoms with E-state index in [1.807, 2.05) is 12.1 Å². The number of furan rings is 1. The van der Waals surface area contributed by atoms with Gasteiger partial charge in [-0.25, -0.2) is 0 Å². The molecule has 0 saturated carbocycles. The highest BCUT2D eigenvalue weighted by molar-refractivity contribution is 5.80. The van der Waals surface area contributed by atoms with Gasteiger partial charge in [0, 0.05) is 24.8 Å². The quantitative estimate of drug-likeness (QED) is 0.760. The van der Waals surface area contributed by atoms with Crippen molar-refractivity contribution in [3.63, 3.8) is 0 Å². The van der Waals surface area contributed by atoms with E-state index in [2.05, 4.69) is 54.2 Å². The SMILES string of the molecule is Cc1ccc2ccn(CCNC(C)c3ccco3)c2c1. The standard InChI is InChI=1S/C17H20N2O/c1-13-5-6-15-7-9-19(16(15)12-13)10-8-18-14(2)17-4-3-11-20-17/h3-7,9,11-12,14,18H,8,10H2,1-2H3. The number of aryl methyl sites for hydroxylation is 1. The average Bonchev–Trinajstić information content (AvgIpc) is 3.08. The molecule has 1 unspecified atom stereocenters. The third-order valence-electron chi connectivity index (χ3n) is 3.70. The largest absolute Gasteiger partial charge is 0.468 e. The number of hydrogen-bond donors (Lipinski definition) is 1. The lowest BCUT2D eigenvalue weighted by Crippen LogP contribution is -2.22. The number of hydrogen-bond acceptors (Lipinski definition) is 2. The van der Waals surface area contributed by atoms with Crippen LogP contribution in [-0.4, -0.2) is 11.1 Å². The molecule has 0 saturated heterocycles. The summed E-state index contributed by atoms with van der Waals surface area (Å²) < 4.78 is 7.70. The lowest BCUT2D eigenvalue weighted by molar-refractivity contribution is 0.425. The number of nitrogens with one attached hydrogen (secondary N) is 1. The lowest BCUT2D eigenvalue weighted by Gasteiger charge is -2.12. The van der Waals surface area contributed by atoms with Crippen molar-refractivity contribution in [2.75, 3.05) is 6.54 Å². The van der Waals surface area contributed by atoms with Crippen molar-refractivity contribution in [2.24, 2.45) is 0 Å². The highest BCUT2D eigenvalue weighted by Gasteiger charge is 2.07. The van der Waals surface area contributed by atoms with Crippen molar-refractivity contribution in [3.8, 4) is 0 Å². The minimum Gasteiger partial charge on any atom is -0.468 e. The molecule has 0 fully saturated rings. The number of nitrogens with zero attached hydrogens (tertiary/aromatic N) is 1. The van der Waals surface area contributed by atoms with Crippen molar-refractivity contribution in [2.45, 2.75) is 26.4 Å². The fourth-order valence-electron chi connectivity index (χ4n) is 2.53. The van der Waals surface area contributed by atoms with Crippen LogP contribution in [0.3, 0.4) is 0 Å². The fraction of sp³-hybridized carbons (Fsp3) is 0.294. The second-order valence-electron chi connectivity index (χ2n) is 5.26. The molecule has 3 rings (SSSR count). The maximum Gasteiger partial charge on any atom is 0.120 e. The van der Waals surface area contributed by atoms with Gasteiger partial charge in [-0.2, -0.15) is 0 Å². The molecular formula is C17H20N2O. The maximum atomic E-state index is 5.40. The molecule has 3 aromatic rings. The van der Waals surface area contributed by atoms with Gasteiger partial charge < -0.3 is 14.3 Å². The molecule has 0 radical (unpaired) electrons. The summed E-state index contributed by atoms with van der Waals surface area (Å²) in [6.45, 7) is 6.13. The van der Waals surface area contributed by atoms with Gasteiger partial charge in [0.1, 0.15) is 5.76 Å². The van der Waals surface area contributed by atoms with Crippen LogP contribution in [0.15, 0.2) is 53.3 Å². The first kappa shape index (κ1) is 13.0. The summed E-state index contributed by atoms with van der Waals surface area (Å²) >= 11 is 0. The molecule has 0 aliphatic heterocycles. The maximum absolute atomic E-state index is 5.40. The first-order chi connectivity index (χ1) is 9.74. The monoisotopic (exact) mass is 268 g/mol. The van der Waals surface area contributed by atoms with Crippen molar-refractivity contribution in [1.29, 1.82) is 0 Å². The van der Waals surface area contributed by atoms with E-state index in [0.717, 1.165) is 18.8 Å². The fourth-order valence-corrected chi connectivity index (χ4v) is 2.53. The third-order valence-corrected chi connectivity index (χ3v) is 3.70. The van der Waals surface area contributed by atoms with Gasteiger partial charge in [-0.15, -0.1) is 0 Å². The summed E-state index contributed by atoms with van der Waals surface area (Å²) in [6.07, 6.45) is 3.87. The molecule has 0 spiro atoms. The molecule has 0 aliphatic carbocycles. The van der Waals surface area contributed by atoms with Crippen molar-refractivity contribution >= 4 is 10.9 Å². The van der Waals surface area contributed by atoms with E-state index >= 15 is 0 Å². The number of rotatable bonds is 5. The molecular weight excluding hydrogens is 248 g/mol. The van der Waals surface area contributed by atoms with Gasteiger partial charge in [0.25, 0.3) is 0 Å². The van der Waals surface area contributed by atoms with Crippen molar-refractivity contribution in [1.82, 2.24) is 9.88 Å². The summed E-state index contributed by atoms with van der Waals surface area (Å²) in [4.78, 5) is 0. The van der Waals surface area contributed by atoms with Gasteiger partial charge in [0.2, 0.25) is 0 Å². The normalized spacial score (nSPS) is 12.9. The Morgan fingerprint density at radius 1 is 1.25 bits per heavy atom. The molecule has 2 aromatic heterocycles. The molecule has 3 heteroatoms. The van der Waals surface area contributed by atoms with E-state index in [1.165, 1.54) is 16.5 Å². The molecule has 1 aromatic carbocycles. The van der Waals surface area contributed by atoms with Crippen LogP contribution < -0.4 is 5.32 Å². The smallest absolute Gasteiger partial charge is 0.120 e. The van der Waals surface area contributed by atoms with E-state index in [4.69, 9.17) is 4.42 Å². The predicted molar refractivity (Wildman–Crippen MR) is 81.8 cm³/mol. The minimum absolute atomic E-state index is 0.244. The van der Waals surface area contributed by atoms with Gasteiger partial charge in [0.15, 0.2) is 0 Å². The average molecular weight is 268 g/mol. The first-order valence-corrected chi connectivity index (χ1v) is 7.06. The van der Waals surface area contributed by atoms with Crippen LogP contribution in [0.25, 0.3) is 10.9 Å². The minimum atomic E-state index is 0.244. The summed E-state index contributed by atoms with van der Waals surface area (Å²) in [5, 5.41) is 4.79. The summed E-state index contributed by atoms with van der Waals surface area (Å²) in [5.41, 5.74) is 2.60. The Hall–Kier alpha value is -2.00. The van der Waals surface area contributed by atoms with Gasteiger partial charge >= 0.3 is 0 Å². The Labute approximate surface area is 119 Å². The van der Waals surface area contributed by atoms with E-state index in [0.29, 0.717) is 0 Å². The molecule has 0 amide bonds. The molecule has 20 heavy (non-hydrogen) atoms. The number of benzene rings is 1. The van der Waals surface area contributed by atoms with Crippen molar-refractivity contribution in [3.05, 3.63) is 60.2 Å². The zero-order valence-electron chi connectivity index (χ0n) is 12.0. The number of fused-ring (bicyclic) bond motifs is 1. The molecule has 1 N–H and O–H groups in total. The first-order valence-electron chi connectivity index (χ1n) is 7.06. The molecule has 0 bridgehead atoms. The van der Waals surface area contributed by atoms with Gasteiger partial charge in [-0.3, -0.25) is 0 Å².